The molecule has 0 heterocycles. The quantitative estimate of drug-likeness (QED) is 0.307. The van der Waals surface area contributed by atoms with Crippen LogP contribution in [0.4, 0.5) is 0 Å². The Morgan fingerprint density at radius 1 is 1.40 bits per heavy atom. The zero-order chi connectivity index (χ0) is 11.8. The van der Waals surface area contributed by atoms with Crippen LogP contribution in [0.3, 0.4) is 0 Å². The van der Waals surface area contributed by atoms with E-state index in [1.807, 2.05) is 13.8 Å². The van der Waals surface area contributed by atoms with Crippen LogP contribution in [0.2, 0.25) is 0 Å². The molecule has 0 aliphatic carbocycles. The Morgan fingerprint density at radius 3 is 2.33 bits per heavy atom. The first-order valence-electron chi connectivity index (χ1n) is 5.04. The molecule has 0 aliphatic heterocycles. The van der Waals surface area contributed by atoms with Crippen LogP contribution in [0.15, 0.2) is 11.6 Å². The number of carbonyl (C=O) groups is 1. The van der Waals surface area contributed by atoms with Gasteiger partial charge in [0.15, 0.2) is 0 Å². The Kier molecular flexibility index (Phi) is 7.21. The molecule has 0 amide bonds. The minimum absolute atomic E-state index is 0.153. The van der Waals surface area contributed by atoms with Gasteiger partial charge < -0.3 is 9.53 Å². The third-order valence-corrected chi connectivity index (χ3v) is 2.19. The average Bonchev–Trinajstić information content (AvgIpc) is 2.17. The number of allylic oxidation sites excluding steroid dienone is 1. The fourth-order valence-corrected chi connectivity index (χ4v) is 1.20. The van der Waals surface area contributed by atoms with Gasteiger partial charge in [-0.3, -0.25) is 0 Å². The molecule has 1 unspecified atom stereocenters. The summed E-state index contributed by atoms with van der Waals surface area (Å²) in [6.07, 6.45) is 2.13. The van der Waals surface area contributed by atoms with Crippen LogP contribution < -0.4 is 0 Å². The zero-order valence-electron chi connectivity index (χ0n) is 9.82. The molecule has 0 aromatic carbocycles. The molecule has 88 valence electrons. The van der Waals surface area contributed by atoms with E-state index in [-0.39, 0.29) is 5.78 Å². The van der Waals surface area contributed by atoms with E-state index in [4.69, 9.17) is 9.99 Å². The summed E-state index contributed by atoms with van der Waals surface area (Å²) >= 11 is 0. The Labute approximate surface area is 90.8 Å². The molecular formula is C11H20O4. The van der Waals surface area contributed by atoms with Gasteiger partial charge in [-0.05, 0) is 25.3 Å². The third kappa shape index (κ3) is 6.38. The van der Waals surface area contributed by atoms with Crippen molar-refractivity contribution in [1.29, 1.82) is 0 Å². The van der Waals surface area contributed by atoms with E-state index in [2.05, 4.69) is 4.89 Å². The van der Waals surface area contributed by atoms with E-state index in [0.717, 1.165) is 5.57 Å². The number of hydrogen-bond donors (Lipinski definition) is 1. The molecule has 0 bridgehead atoms. The lowest BCUT2D eigenvalue weighted by Crippen LogP contribution is -2.12. The highest BCUT2D eigenvalue weighted by Gasteiger charge is 2.09. The molecule has 1 atom stereocenters. The Balaban J connectivity index is 4.42. The number of methoxy groups -OCH3 is 1. The van der Waals surface area contributed by atoms with Gasteiger partial charge in [0.05, 0.1) is 0 Å². The molecule has 0 rings (SSSR count). The Bertz CT molecular complexity index is 217. The number of ether oxygens (including phenoxy) is 1. The monoisotopic (exact) mass is 216 g/mol. The van der Waals surface area contributed by atoms with Crippen molar-refractivity contribution >= 4 is 5.78 Å². The van der Waals surface area contributed by atoms with E-state index in [0.29, 0.717) is 18.8 Å². The number of ketones is 1. The SMILES string of the molecule is COC(/C=C(/CCC(C)=O)C(C)C)OO. The highest BCUT2D eigenvalue weighted by Crippen LogP contribution is 2.17. The number of rotatable bonds is 7. The highest BCUT2D eigenvalue weighted by atomic mass is 17.1. The normalized spacial score (nSPS) is 14.4. The second kappa shape index (κ2) is 7.56. The fourth-order valence-electron chi connectivity index (χ4n) is 1.20. The first-order valence-corrected chi connectivity index (χ1v) is 5.04. The molecule has 0 aliphatic rings. The molecule has 4 heteroatoms. The molecule has 1 N–H and O–H groups in total. The van der Waals surface area contributed by atoms with Gasteiger partial charge in [0, 0.05) is 13.5 Å². The summed E-state index contributed by atoms with van der Waals surface area (Å²) in [7, 11) is 1.44. The van der Waals surface area contributed by atoms with Gasteiger partial charge in [-0.1, -0.05) is 19.4 Å². The smallest absolute Gasteiger partial charge is 0.210 e. The van der Waals surface area contributed by atoms with Crippen molar-refractivity contribution in [3.8, 4) is 0 Å². The maximum atomic E-state index is 10.9. The molecule has 0 saturated heterocycles. The Morgan fingerprint density at radius 2 is 2.00 bits per heavy atom. The van der Waals surface area contributed by atoms with Gasteiger partial charge in [-0.25, -0.2) is 10.1 Å². The predicted molar refractivity (Wildman–Crippen MR) is 57.3 cm³/mol. The summed E-state index contributed by atoms with van der Waals surface area (Å²) in [6, 6.07) is 0. The standard InChI is InChI=1S/C11H20O4/c1-8(2)10(6-5-9(3)12)7-11(14-4)15-13/h7-8,11,13H,5-6H2,1-4H3/b10-7-. The van der Waals surface area contributed by atoms with Crippen molar-refractivity contribution < 1.29 is 19.7 Å². The molecule has 0 saturated carbocycles. The van der Waals surface area contributed by atoms with Crippen LogP contribution in [0.25, 0.3) is 0 Å². The molecular weight excluding hydrogens is 196 g/mol. The fraction of sp³-hybridized carbons (Fsp3) is 0.727. The average molecular weight is 216 g/mol. The third-order valence-electron chi connectivity index (χ3n) is 2.19. The van der Waals surface area contributed by atoms with Crippen molar-refractivity contribution in [2.45, 2.75) is 39.9 Å². The first-order chi connectivity index (χ1) is 7.01. The molecule has 0 radical (unpaired) electrons. The van der Waals surface area contributed by atoms with Gasteiger partial charge >= 0.3 is 0 Å². The molecule has 0 fully saturated rings. The summed E-state index contributed by atoms with van der Waals surface area (Å²) in [4.78, 5) is 15.0. The predicted octanol–water partition coefficient (Wildman–Crippen LogP) is 2.40. The van der Waals surface area contributed by atoms with Gasteiger partial charge in [-0.2, -0.15) is 0 Å². The Hall–Kier alpha value is -0.710. The lowest BCUT2D eigenvalue weighted by molar-refractivity contribution is -0.323. The minimum atomic E-state index is -0.755. The number of Topliss-reactive ketones (excluding diaryl/α,β-unsaturated/α-hetero) is 1. The van der Waals surface area contributed by atoms with Crippen LogP contribution in [-0.2, 0) is 14.4 Å². The molecule has 4 nitrogen and oxygen atoms in total. The summed E-state index contributed by atoms with van der Waals surface area (Å²) in [5, 5.41) is 8.50. The summed E-state index contributed by atoms with van der Waals surface area (Å²) < 4.78 is 4.85. The molecule has 0 spiro atoms. The topological polar surface area (TPSA) is 55.8 Å². The lowest BCUT2D eigenvalue weighted by Gasteiger charge is -2.14. The van der Waals surface area contributed by atoms with Crippen LogP contribution in [-0.4, -0.2) is 24.4 Å². The zero-order valence-corrected chi connectivity index (χ0v) is 9.82. The molecule has 0 aromatic heterocycles. The number of carbonyl (C=O) groups excluding carboxylic acids is 1. The maximum absolute atomic E-state index is 10.9. The van der Waals surface area contributed by atoms with Gasteiger partial charge in [0.1, 0.15) is 5.78 Å². The van der Waals surface area contributed by atoms with E-state index >= 15 is 0 Å². The van der Waals surface area contributed by atoms with E-state index in [1.165, 1.54) is 7.11 Å². The van der Waals surface area contributed by atoms with Crippen molar-refractivity contribution in [2.75, 3.05) is 7.11 Å². The van der Waals surface area contributed by atoms with E-state index in [1.54, 1.807) is 13.0 Å². The van der Waals surface area contributed by atoms with E-state index < -0.39 is 6.29 Å². The van der Waals surface area contributed by atoms with Crippen LogP contribution in [0.5, 0.6) is 0 Å². The van der Waals surface area contributed by atoms with E-state index in [9.17, 15) is 4.79 Å². The second-order valence-corrected chi connectivity index (χ2v) is 3.81. The van der Waals surface area contributed by atoms with Crippen LogP contribution in [0.1, 0.15) is 33.6 Å². The minimum Gasteiger partial charge on any atom is -0.350 e. The van der Waals surface area contributed by atoms with Gasteiger partial charge in [-0.15, -0.1) is 0 Å². The summed E-state index contributed by atoms with van der Waals surface area (Å²) in [5.41, 5.74) is 1.05. The van der Waals surface area contributed by atoms with Crippen molar-refractivity contribution in [2.24, 2.45) is 5.92 Å². The summed E-state index contributed by atoms with van der Waals surface area (Å²) in [5.74, 6) is 0.456. The van der Waals surface area contributed by atoms with Crippen molar-refractivity contribution in [3.05, 3.63) is 11.6 Å². The largest absolute Gasteiger partial charge is 0.350 e. The summed E-state index contributed by atoms with van der Waals surface area (Å²) in [6.45, 7) is 5.61. The highest BCUT2D eigenvalue weighted by molar-refractivity contribution is 5.75. The molecule has 0 aromatic rings. The van der Waals surface area contributed by atoms with Gasteiger partial charge in [0.2, 0.25) is 6.29 Å². The van der Waals surface area contributed by atoms with Crippen LogP contribution >= 0.6 is 0 Å². The van der Waals surface area contributed by atoms with Crippen molar-refractivity contribution in [3.63, 3.8) is 0 Å². The lowest BCUT2D eigenvalue weighted by atomic mass is 9.97. The first kappa shape index (κ1) is 14.3. The number of hydrogen-bond acceptors (Lipinski definition) is 4. The van der Waals surface area contributed by atoms with Crippen molar-refractivity contribution in [1.82, 2.24) is 0 Å². The molecule has 15 heavy (non-hydrogen) atoms. The van der Waals surface area contributed by atoms with Crippen LogP contribution in [0, 0.1) is 5.92 Å². The van der Waals surface area contributed by atoms with Gasteiger partial charge in [0.25, 0.3) is 0 Å². The maximum Gasteiger partial charge on any atom is 0.210 e. The second-order valence-electron chi connectivity index (χ2n) is 3.81.